The minimum absolute atomic E-state index is 0. The SMILES string of the molecule is Cl.Cl.N[C@H](Cc1ccccc1)C(=O)N1CCC[C@H]1C(=O)NC1CCc2[nH]ncc2C1. The lowest BCUT2D eigenvalue weighted by Crippen LogP contribution is -2.53. The lowest BCUT2D eigenvalue weighted by atomic mass is 9.93. The molecule has 0 spiro atoms. The number of aromatic nitrogens is 2. The molecule has 2 amide bonds. The summed E-state index contributed by atoms with van der Waals surface area (Å²) in [4.78, 5) is 27.5. The number of nitrogens with zero attached hydrogens (tertiary/aromatic N) is 2. The van der Waals surface area contributed by atoms with Gasteiger partial charge in [-0.15, -0.1) is 24.8 Å². The molecule has 164 valence electrons. The summed E-state index contributed by atoms with van der Waals surface area (Å²) in [5.41, 5.74) is 9.54. The van der Waals surface area contributed by atoms with Crippen molar-refractivity contribution in [1.29, 1.82) is 0 Å². The van der Waals surface area contributed by atoms with Crippen molar-refractivity contribution < 1.29 is 9.59 Å². The van der Waals surface area contributed by atoms with E-state index >= 15 is 0 Å². The van der Waals surface area contributed by atoms with E-state index < -0.39 is 12.1 Å². The molecule has 2 aromatic rings. The van der Waals surface area contributed by atoms with Crippen molar-refractivity contribution in [3.8, 4) is 0 Å². The van der Waals surface area contributed by atoms with Crippen molar-refractivity contribution in [3.05, 3.63) is 53.3 Å². The molecule has 0 bridgehead atoms. The highest BCUT2D eigenvalue weighted by Crippen LogP contribution is 2.22. The lowest BCUT2D eigenvalue weighted by Gasteiger charge is -2.29. The third-order valence-corrected chi connectivity index (χ3v) is 5.82. The third-order valence-electron chi connectivity index (χ3n) is 5.82. The maximum absolute atomic E-state index is 12.9. The Morgan fingerprint density at radius 2 is 2.00 bits per heavy atom. The average molecular weight is 454 g/mol. The van der Waals surface area contributed by atoms with Crippen LogP contribution in [-0.4, -0.2) is 51.6 Å². The Balaban J connectivity index is 0.00000160. The van der Waals surface area contributed by atoms with Gasteiger partial charge in [0.2, 0.25) is 11.8 Å². The first kappa shape index (κ1) is 24.2. The van der Waals surface area contributed by atoms with Crippen LogP contribution in [-0.2, 0) is 28.9 Å². The summed E-state index contributed by atoms with van der Waals surface area (Å²) in [6.07, 6.45) is 6.40. The minimum Gasteiger partial charge on any atom is -0.351 e. The maximum Gasteiger partial charge on any atom is 0.243 e. The van der Waals surface area contributed by atoms with E-state index in [1.54, 1.807) is 4.90 Å². The molecule has 1 saturated heterocycles. The van der Waals surface area contributed by atoms with Crippen LogP contribution < -0.4 is 11.1 Å². The molecule has 1 aliphatic carbocycles. The Morgan fingerprint density at radius 3 is 2.77 bits per heavy atom. The molecule has 1 fully saturated rings. The Morgan fingerprint density at radius 1 is 1.23 bits per heavy atom. The average Bonchev–Trinajstić information content (AvgIpc) is 3.37. The number of aromatic amines is 1. The van der Waals surface area contributed by atoms with Crippen molar-refractivity contribution >= 4 is 36.6 Å². The van der Waals surface area contributed by atoms with Gasteiger partial charge in [-0.05, 0) is 49.7 Å². The molecule has 2 aliphatic rings. The molecule has 9 heteroatoms. The summed E-state index contributed by atoms with van der Waals surface area (Å²) in [7, 11) is 0. The number of likely N-dealkylation sites (tertiary alicyclic amines) is 1. The van der Waals surface area contributed by atoms with Crippen molar-refractivity contribution in [2.24, 2.45) is 5.73 Å². The van der Waals surface area contributed by atoms with Crippen LogP contribution in [0.3, 0.4) is 0 Å². The van der Waals surface area contributed by atoms with E-state index in [9.17, 15) is 9.59 Å². The van der Waals surface area contributed by atoms with Gasteiger partial charge in [-0.1, -0.05) is 30.3 Å². The van der Waals surface area contributed by atoms with E-state index in [1.807, 2.05) is 36.5 Å². The second kappa shape index (κ2) is 10.8. The summed E-state index contributed by atoms with van der Waals surface area (Å²) in [5.74, 6) is -0.197. The smallest absolute Gasteiger partial charge is 0.243 e. The molecule has 1 aromatic carbocycles. The number of carbonyl (C=O) groups is 2. The lowest BCUT2D eigenvalue weighted by molar-refractivity contribution is -0.139. The number of amides is 2. The van der Waals surface area contributed by atoms with Gasteiger partial charge in [-0.25, -0.2) is 0 Å². The number of rotatable bonds is 5. The van der Waals surface area contributed by atoms with Gasteiger partial charge in [0.25, 0.3) is 0 Å². The first-order valence-corrected chi connectivity index (χ1v) is 10.0. The van der Waals surface area contributed by atoms with E-state index in [0.29, 0.717) is 19.4 Å². The largest absolute Gasteiger partial charge is 0.351 e. The fraction of sp³-hybridized carbons (Fsp3) is 0.476. The van der Waals surface area contributed by atoms with Crippen LogP contribution in [0.4, 0.5) is 0 Å². The van der Waals surface area contributed by atoms with Gasteiger partial charge < -0.3 is 16.0 Å². The topological polar surface area (TPSA) is 104 Å². The van der Waals surface area contributed by atoms with Gasteiger partial charge in [0.05, 0.1) is 12.2 Å². The molecule has 0 saturated carbocycles. The van der Waals surface area contributed by atoms with Crippen LogP contribution in [0.25, 0.3) is 0 Å². The van der Waals surface area contributed by atoms with Crippen LogP contribution >= 0.6 is 24.8 Å². The minimum atomic E-state index is -0.626. The number of hydrogen-bond donors (Lipinski definition) is 3. The van der Waals surface area contributed by atoms with Gasteiger partial charge in [-0.3, -0.25) is 14.7 Å². The summed E-state index contributed by atoms with van der Waals surface area (Å²) in [6, 6.07) is 8.80. The molecule has 4 rings (SSSR count). The molecule has 1 unspecified atom stereocenters. The predicted molar refractivity (Wildman–Crippen MR) is 120 cm³/mol. The summed E-state index contributed by atoms with van der Waals surface area (Å²) >= 11 is 0. The second-order valence-corrected chi connectivity index (χ2v) is 7.81. The zero-order valence-electron chi connectivity index (χ0n) is 16.8. The van der Waals surface area contributed by atoms with Gasteiger partial charge in [0, 0.05) is 18.3 Å². The van der Waals surface area contributed by atoms with Crippen LogP contribution in [0, 0.1) is 0 Å². The molecule has 2 heterocycles. The Hall–Kier alpha value is -2.09. The molecule has 1 aromatic heterocycles. The van der Waals surface area contributed by atoms with Gasteiger partial charge in [0.1, 0.15) is 6.04 Å². The molecule has 1 aliphatic heterocycles. The first-order chi connectivity index (χ1) is 13.6. The zero-order valence-corrected chi connectivity index (χ0v) is 18.4. The maximum atomic E-state index is 12.9. The zero-order chi connectivity index (χ0) is 19.5. The summed E-state index contributed by atoms with van der Waals surface area (Å²) < 4.78 is 0. The fourth-order valence-corrected chi connectivity index (χ4v) is 4.31. The van der Waals surface area contributed by atoms with Crippen molar-refractivity contribution in [3.63, 3.8) is 0 Å². The molecule has 4 N–H and O–H groups in total. The van der Waals surface area contributed by atoms with E-state index in [4.69, 9.17) is 5.73 Å². The molecule has 7 nitrogen and oxygen atoms in total. The molecule has 30 heavy (non-hydrogen) atoms. The highest BCUT2D eigenvalue weighted by atomic mass is 35.5. The third kappa shape index (κ3) is 5.33. The van der Waals surface area contributed by atoms with Crippen molar-refractivity contribution in [2.75, 3.05) is 6.54 Å². The molecule has 3 atom stereocenters. The number of carbonyl (C=O) groups excluding carboxylic acids is 2. The number of fused-ring (bicyclic) bond motifs is 1. The molecular formula is C21H29Cl2N5O2. The number of hydrogen-bond acceptors (Lipinski definition) is 4. The molecular weight excluding hydrogens is 425 g/mol. The molecule has 0 radical (unpaired) electrons. The number of benzene rings is 1. The van der Waals surface area contributed by atoms with Gasteiger partial charge in [-0.2, -0.15) is 5.10 Å². The van der Waals surface area contributed by atoms with Gasteiger partial charge in [0.15, 0.2) is 0 Å². The predicted octanol–water partition coefficient (Wildman–Crippen LogP) is 1.79. The highest BCUT2D eigenvalue weighted by molar-refractivity contribution is 5.90. The first-order valence-electron chi connectivity index (χ1n) is 10.0. The number of H-pyrrole nitrogens is 1. The standard InChI is InChI=1S/C21H27N5O2.2ClH/c22-17(11-14-5-2-1-3-6-14)21(28)26-10-4-7-19(26)20(27)24-16-8-9-18-15(12-16)13-23-25-18;;/h1-3,5-6,13,16-17,19H,4,7-12,22H2,(H,23,25)(H,24,27);2*1H/t16?,17-,19+;;/m1../s1. The van der Waals surface area contributed by atoms with Crippen LogP contribution in [0.15, 0.2) is 36.5 Å². The Bertz CT molecular complexity index is 845. The number of nitrogens with one attached hydrogen (secondary N) is 2. The van der Waals surface area contributed by atoms with Crippen molar-refractivity contribution in [2.45, 2.75) is 56.7 Å². The van der Waals surface area contributed by atoms with E-state index in [-0.39, 0.29) is 42.7 Å². The van der Waals surface area contributed by atoms with Crippen LogP contribution in [0.1, 0.15) is 36.1 Å². The number of aryl methyl sites for hydroxylation is 1. The highest BCUT2D eigenvalue weighted by Gasteiger charge is 2.37. The van der Waals surface area contributed by atoms with E-state index in [2.05, 4.69) is 15.5 Å². The van der Waals surface area contributed by atoms with Crippen LogP contribution in [0.2, 0.25) is 0 Å². The van der Waals surface area contributed by atoms with Crippen LogP contribution in [0.5, 0.6) is 0 Å². The monoisotopic (exact) mass is 453 g/mol. The Labute approximate surface area is 189 Å². The summed E-state index contributed by atoms with van der Waals surface area (Å²) in [5, 5.41) is 10.2. The summed E-state index contributed by atoms with van der Waals surface area (Å²) in [6.45, 7) is 0.593. The number of halogens is 2. The number of nitrogens with two attached hydrogens (primary N) is 1. The second-order valence-electron chi connectivity index (χ2n) is 7.81. The van der Waals surface area contributed by atoms with Gasteiger partial charge >= 0.3 is 0 Å². The van der Waals surface area contributed by atoms with E-state index in [1.165, 1.54) is 5.56 Å². The van der Waals surface area contributed by atoms with Crippen molar-refractivity contribution in [1.82, 2.24) is 20.4 Å². The van der Waals surface area contributed by atoms with E-state index in [0.717, 1.165) is 36.9 Å². The quantitative estimate of drug-likeness (QED) is 0.641. The fourth-order valence-electron chi connectivity index (χ4n) is 4.31. The Kier molecular flexibility index (Phi) is 8.70. The normalized spacial score (nSPS) is 21.0.